The number of unbranched alkanes of at least 4 members (excludes halogenated alkanes) is 2. The molecule has 38 heavy (non-hydrogen) atoms. The smallest absolute Gasteiger partial charge is 0.344 e. The van der Waals surface area contributed by atoms with E-state index < -0.39 is 0 Å². The average molecular weight is 529 g/mol. The van der Waals surface area contributed by atoms with Crippen LogP contribution in [0.15, 0.2) is 18.2 Å². The van der Waals surface area contributed by atoms with Gasteiger partial charge in [0.2, 0.25) is 0 Å². The number of rotatable bonds is 14. The molecule has 1 aliphatic heterocycles. The molecule has 1 saturated heterocycles. The minimum Gasteiger partial charge on any atom is -0.482 e. The Morgan fingerprint density at radius 1 is 1.05 bits per heavy atom. The molecule has 5 heteroatoms. The minimum atomic E-state index is -0.284. The molecule has 3 aliphatic rings. The van der Waals surface area contributed by atoms with Gasteiger partial charge in [-0.25, -0.2) is 4.79 Å². The topological polar surface area (TPSA) is 54.0 Å². The molecule has 1 aromatic carbocycles. The summed E-state index contributed by atoms with van der Waals surface area (Å²) in [5.74, 6) is 3.12. The molecule has 1 saturated carbocycles. The van der Waals surface area contributed by atoms with E-state index in [2.05, 4.69) is 32.9 Å². The third kappa shape index (κ3) is 8.21. The van der Waals surface area contributed by atoms with Crippen LogP contribution in [0.25, 0.3) is 0 Å². The van der Waals surface area contributed by atoms with E-state index in [0.29, 0.717) is 17.9 Å². The highest BCUT2D eigenvalue weighted by Gasteiger charge is 2.40. The maximum Gasteiger partial charge on any atom is 0.344 e. The number of fused-ring (bicyclic) bond motifs is 2. The first-order chi connectivity index (χ1) is 18.4. The number of ether oxygens (including phenoxy) is 4. The number of carbonyl (C=O) groups is 1. The Bertz CT molecular complexity index is 861. The number of carbonyl (C=O) groups excluding carboxylic acids is 1. The van der Waals surface area contributed by atoms with E-state index in [4.69, 9.17) is 18.9 Å². The molecule has 6 atom stereocenters. The van der Waals surface area contributed by atoms with E-state index in [1.807, 2.05) is 13.0 Å². The van der Waals surface area contributed by atoms with E-state index in [1.165, 1.54) is 62.5 Å². The van der Waals surface area contributed by atoms with Crippen molar-refractivity contribution in [1.82, 2.24) is 0 Å². The van der Waals surface area contributed by atoms with Crippen molar-refractivity contribution in [3.05, 3.63) is 29.3 Å². The summed E-state index contributed by atoms with van der Waals surface area (Å²) in [4.78, 5) is 12.3. The first-order valence-electron chi connectivity index (χ1n) is 15.6. The Morgan fingerprint density at radius 2 is 1.92 bits per heavy atom. The van der Waals surface area contributed by atoms with E-state index in [-0.39, 0.29) is 25.0 Å². The zero-order valence-corrected chi connectivity index (χ0v) is 24.4. The van der Waals surface area contributed by atoms with Crippen molar-refractivity contribution in [1.29, 1.82) is 0 Å². The molecule has 0 amide bonds. The number of benzene rings is 1. The fourth-order valence-corrected chi connectivity index (χ4v) is 6.72. The minimum absolute atomic E-state index is 0.0116. The van der Waals surface area contributed by atoms with Crippen LogP contribution in [0.1, 0.15) is 109 Å². The van der Waals surface area contributed by atoms with Gasteiger partial charge in [0.1, 0.15) is 11.9 Å². The van der Waals surface area contributed by atoms with Crippen LogP contribution in [-0.4, -0.2) is 37.7 Å². The number of hydrogen-bond acceptors (Lipinski definition) is 5. The van der Waals surface area contributed by atoms with Gasteiger partial charge in [0.15, 0.2) is 12.9 Å². The molecule has 1 aromatic rings. The molecule has 0 N–H and O–H groups in total. The van der Waals surface area contributed by atoms with Gasteiger partial charge in [-0.3, -0.25) is 0 Å². The van der Waals surface area contributed by atoms with Crippen LogP contribution in [0, 0.1) is 23.7 Å². The van der Waals surface area contributed by atoms with E-state index >= 15 is 0 Å². The first-order valence-corrected chi connectivity index (χ1v) is 15.6. The zero-order valence-electron chi connectivity index (χ0n) is 24.4. The molecule has 1 heterocycles. The van der Waals surface area contributed by atoms with Crippen LogP contribution in [0.3, 0.4) is 0 Å². The van der Waals surface area contributed by atoms with Gasteiger partial charge in [-0.05, 0) is 112 Å². The normalized spacial score (nSPS) is 26.4. The monoisotopic (exact) mass is 528 g/mol. The summed E-state index contributed by atoms with van der Waals surface area (Å²) in [5, 5.41) is 0. The summed E-state index contributed by atoms with van der Waals surface area (Å²) in [5.41, 5.74) is 2.72. The Hall–Kier alpha value is -1.59. The first kappa shape index (κ1) is 29.4. The highest BCUT2D eigenvalue weighted by Crippen LogP contribution is 2.48. The van der Waals surface area contributed by atoms with Crippen LogP contribution in [0.4, 0.5) is 0 Å². The zero-order chi connectivity index (χ0) is 26.9. The second-order valence-corrected chi connectivity index (χ2v) is 12.4. The van der Waals surface area contributed by atoms with Crippen molar-refractivity contribution in [3.8, 4) is 5.75 Å². The number of hydrogen-bond donors (Lipinski definition) is 0. The molecule has 5 nitrogen and oxygen atoms in total. The van der Waals surface area contributed by atoms with Crippen LogP contribution in [-0.2, 0) is 31.8 Å². The van der Waals surface area contributed by atoms with Crippen LogP contribution >= 0.6 is 0 Å². The largest absolute Gasteiger partial charge is 0.482 e. The van der Waals surface area contributed by atoms with Crippen LogP contribution < -0.4 is 4.74 Å². The highest BCUT2D eigenvalue weighted by atomic mass is 16.7. The molecule has 4 rings (SSSR count). The summed E-state index contributed by atoms with van der Waals surface area (Å²) in [6, 6.07) is 6.38. The van der Waals surface area contributed by atoms with Crippen molar-refractivity contribution in [2.75, 3.05) is 13.2 Å². The van der Waals surface area contributed by atoms with Crippen LogP contribution in [0.5, 0.6) is 5.75 Å². The quantitative estimate of drug-likeness (QED) is 0.183. The Morgan fingerprint density at radius 3 is 2.68 bits per heavy atom. The van der Waals surface area contributed by atoms with Gasteiger partial charge in [0, 0.05) is 6.61 Å². The number of esters is 1. The molecule has 0 aromatic heterocycles. The van der Waals surface area contributed by atoms with Gasteiger partial charge in [-0.1, -0.05) is 52.2 Å². The molecular weight excluding hydrogens is 476 g/mol. The second kappa shape index (κ2) is 14.7. The van der Waals surface area contributed by atoms with Crippen molar-refractivity contribution in [3.63, 3.8) is 0 Å². The van der Waals surface area contributed by atoms with Crippen molar-refractivity contribution in [2.45, 2.75) is 130 Å². The SMILES string of the molecule is CCCCCC(CCC1CCC2Cc3c(cccc3OCC(=O)OC(C)C(C)C)CC12)OC1CCCCO1. The fraction of sp³-hybridized carbons (Fsp3) is 0.788. The lowest BCUT2D eigenvalue weighted by atomic mass is 9.73. The molecule has 2 aliphatic carbocycles. The van der Waals surface area contributed by atoms with Gasteiger partial charge >= 0.3 is 5.97 Å². The average Bonchev–Trinajstić information content (AvgIpc) is 3.31. The molecule has 0 spiro atoms. The summed E-state index contributed by atoms with van der Waals surface area (Å²) in [7, 11) is 0. The highest BCUT2D eigenvalue weighted by molar-refractivity contribution is 5.71. The van der Waals surface area contributed by atoms with E-state index in [9.17, 15) is 4.79 Å². The summed E-state index contributed by atoms with van der Waals surface area (Å²) >= 11 is 0. The third-order valence-electron chi connectivity index (χ3n) is 9.34. The Balaban J connectivity index is 1.31. The fourth-order valence-electron chi connectivity index (χ4n) is 6.72. The predicted molar refractivity (Wildman–Crippen MR) is 151 cm³/mol. The lowest BCUT2D eigenvalue weighted by Gasteiger charge is -2.33. The summed E-state index contributed by atoms with van der Waals surface area (Å²) in [6.07, 6.45) is 15.9. The van der Waals surface area contributed by atoms with Crippen molar-refractivity contribution < 1.29 is 23.7 Å². The van der Waals surface area contributed by atoms with Gasteiger partial charge in [0.25, 0.3) is 0 Å². The van der Waals surface area contributed by atoms with Gasteiger partial charge < -0.3 is 18.9 Å². The molecule has 2 fully saturated rings. The molecular formula is C33H52O5. The van der Waals surface area contributed by atoms with Gasteiger partial charge in [0.05, 0.1) is 6.10 Å². The predicted octanol–water partition coefficient (Wildman–Crippen LogP) is 7.67. The maximum atomic E-state index is 12.3. The van der Waals surface area contributed by atoms with E-state index in [1.54, 1.807) is 0 Å². The van der Waals surface area contributed by atoms with Crippen LogP contribution in [0.2, 0.25) is 0 Å². The summed E-state index contributed by atoms with van der Waals surface area (Å²) in [6.45, 7) is 9.16. The molecule has 214 valence electrons. The lowest BCUT2D eigenvalue weighted by molar-refractivity contribution is -0.191. The van der Waals surface area contributed by atoms with Gasteiger partial charge in [-0.15, -0.1) is 0 Å². The third-order valence-corrected chi connectivity index (χ3v) is 9.34. The van der Waals surface area contributed by atoms with E-state index in [0.717, 1.165) is 56.3 Å². The lowest BCUT2D eigenvalue weighted by Crippen LogP contribution is -2.29. The van der Waals surface area contributed by atoms with Gasteiger partial charge in [-0.2, -0.15) is 0 Å². The Kier molecular flexibility index (Phi) is 11.4. The molecule has 0 bridgehead atoms. The molecule has 6 unspecified atom stereocenters. The maximum absolute atomic E-state index is 12.3. The summed E-state index contributed by atoms with van der Waals surface area (Å²) < 4.78 is 24.0. The standard InChI is InChI=1S/C33H52O5/c1-5-6-7-12-28(38-33-14-8-9-19-35-33)18-17-25-15-16-27-21-30-26(20-29(25)27)11-10-13-31(30)36-22-32(34)37-24(4)23(2)3/h10-11,13,23-25,27-29,33H,5-9,12,14-22H2,1-4H3. The van der Waals surface area contributed by atoms with Crippen molar-refractivity contribution in [2.24, 2.45) is 23.7 Å². The molecule has 0 radical (unpaired) electrons. The second-order valence-electron chi connectivity index (χ2n) is 12.4. The Labute approximate surface area is 231 Å². The van der Waals surface area contributed by atoms with Crippen molar-refractivity contribution >= 4 is 5.97 Å².